The molecule has 1 saturated heterocycles. The molecule has 1 heterocycles. The molecule has 0 radical (unpaired) electrons. The maximum absolute atomic E-state index is 5.44. The van der Waals surface area contributed by atoms with E-state index >= 15 is 0 Å². The number of hydrogen-bond acceptors (Lipinski definition) is 5. The van der Waals surface area contributed by atoms with Gasteiger partial charge in [0.1, 0.15) is 0 Å². The summed E-state index contributed by atoms with van der Waals surface area (Å²) in [6.07, 6.45) is 3.43. The van der Waals surface area contributed by atoms with Crippen molar-refractivity contribution >= 4 is 29.9 Å². The van der Waals surface area contributed by atoms with Gasteiger partial charge in [0.15, 0.2) is 5.96 Å². The number of halogens is 1. The topological polar surface area (TPSA) is 67.4 Å². The van der Waals surface area contributed by atoms with Crippen LogP contribution < -0.4 is 10.6 Å². The molecule has 1 aliphatic heterocycles. The minimum absolute atomic E-state index is 0. The van der Waals surface area contributed by atoms with Gasteiger partial charge in [-0.15, -0.1) is 24.0 Å². The lowest BCUT2D eigenvalue weighted by Crippen LogP contribution is -2.43. The van der Waals surface area contributed by atoms with E-state index in [0.29, 0.717) is 13.2 Å². The van der Waals surface area contributed by atoms with Crippen LogP contribution in [0, 0.1) is 5.92 Å². The van der Waals surface area contributed by atoms with Crippen LogP contribution in [0.25, 0.3) is 0 Å². The summed E-state index contributed by atoms with van der Waals surface area (Å²) in [5.74, 6) is 1.61. The molecule has 7 nitrogen and oxygen atoms in total. The number of aliphatic imine (C=N–C) groups is 1. The Kier molecular flexibility index (Phi) is 17.2. The second-order valence-corrected chi connectivity index (χ2v) is 6.12. The minimum Gasteiger partial charge on any atom is -0.383 e. The zero-order chi connectivity index (χ0) is 17.5. The first-order chi connectivity index (χ1) is 11.8. The van der Waals surface area contributed by atoms with Gasteiger partial charge < -0.3 is 29.7 Å². The molecule has 150 valence electrons. The van der Waals surface area contributed by atoms with E-state index in [2.05, 4.69) is 20.5 Å². The van der Waals surface area contributed by atoms with Crippen molar-refractivity contribution in [2.75, 3.05) is 80.4 Å². The van der Waals surface area contributed by atoms with Gasteiger partial charge in [-0.05, 0) is 38.3 Å². The zero-order valence-electron chi connectivity index (χ0n) is 16.1. The Bertz CT molecular complexity index is 327. The Morgan fingerprint density at radius 1 is 1.04 bits per heavy atom. The Labute approximate surface area is 170 Å². The van der Waals surface area contributed by atoms with Gasteiger partial charge >= 0.3 is 0 Å². The van der Waals surface area contributed by atoms with Crippen molar-refractivity contribution in [3.8, 4) is 0 Å². The Balaban J connectivity index is 0.00000576. The Morgan fingerprint density at radius 3 is 2.40 bits per heavy atom. The number of hydrogen-bond donors (Lipinski definition) is 2. The van der Waals surface area contributed by atoms with Crippen LogP contribution in [0.5, 0.6) is 0 Å². The maximum atomic E-state index is 5.44. The number of guanidine groups is 1. The van der Waals surface area contributed by atoms with Crippen LogP contribution in [0.1, 0.15) is 19.3 Å². The Morgan fingerprint density at radius 2 is 1.76 bits per heavy atom. The van der Waals surface area contributed by atoms with Gasteiger partial charge in [0.2, 0.25) is 0 Å². The molecule has 0 spiro atoms. The van der Waals surface area contributed by atoms with E-state index in [1.54, 1.807) is 14.2 Å². The van der Waals surface area contributed by atoms with E-state index < -0.39 is 0 Å². The monoisotopic (exact) mass is 472 g/mol. The number of rotatable bonds is 12. The number of likely N-dealkylation sites (tertiary alicyclic amines) is 1. The van der Waals surface area contributed by atoms with Crippen LogP contribution >= 0.6 is 24.0 Å². The molecular formula is C17H37IN4O3. The molecule has 0 bridgehead atoms. The SMILES string of the molecule is CN=C(NCCCOCCOC)NCC1CCN(CCOC)CC1.I. The van der Waals surface area contributed by atoms with Crippen molar-refractivity contribution in [3.05, 3.63) is 0 Å². The van der Waals surface area contributed by atoms with Gasteiger partial charge in [-0.1, -0.05) is 0 Å². The fraction of sp³-hybridized carbons (Fsp3) is 0.941. The van der Waals surface area contributed by atoms with E-state index in [0.717, 1.165) is 51.1 Å². The maximum Gasteiger partial charge on any atom is 0.190 e. The molecule has 0 aromatic rings. The van der Waals surface area contributed by atoms with Crippen molar-refractivity contribution in [1.82, 2.24) is 15.5 Å². The second-order valence-electron chi connectivity index (χ2n) is 6.12. The molecule has 0 saturated carbocycles. The summed E-state index contributed by atoms with van der Waals surface area (Å²) >= 11 is 0. The largest absolute Gasteiger partial charge is 0.383 e. The molecule has 0 aliphatic carbocycles. The predicted octanol–water partition coefficient (Wildman–Crippen LogP) is 1.18. The summed E-state index contributed by atoms with van der Waals surface area (Å²) < 4.78 is 15.5. The Hall–Kier alpha value is -0.160. The molecule has 0 atom stereocenters. The molecule has 1 rings (SSSR count). The lowest BCUT2D eigenvalue weighted by molar-refractivity contribution is 0.0698. The normalized spacial score (nSPS) is 16.5. The molecule has 0 amide bonds. The number of nitrogens with zero attached hydrogens (tertiary/aromatic N) is 2. The highest BCUT2D eigenvalue weighted by Gasteiger charge is 2.18. The molecule has 8 heteroatoms. The fourth-order valence-corrected chi connectivity index (χ4v) is 2.72. The average Bonchev–Trinajstić information content (AvgIpc) is 2.62. The lowest BCUT2D eigenvalue weighted by Gasteiger charge is -2.32. The van der Waals surface area contributed by atoms with Crippen LogP contribution in [0.3, 0.4) is 0 Å². The standard InChI is InChI=1S/C17H36N4O3.HI/c1-18-17(19-7-4-11-24-14-13-23-3)20-15-16-5-8-21(9-6-16)10-12-22-2;/h16H,4-15H2,1-3H3,(H2,18,19,20);1H. The number of nitrogens with one attached hydrogen (secondary N) is 2. The van der Waals surface area contributed by atoms with Crippen LogP contribution in [0.4, 0.5) is 0 Å². The van der Waals surface area contributed by atoms with Crippen molar-refractivity contribution in [2.24, 2.45) is 10.9 Å². The van der Waals surface area contributed by atoms with Crippen molar-refractivity contribution in [3.63, 3.8) is 0 Å². The third-order valence-electron chi connectivity index (χ3n) is 4.29. The van der Waals surface area contributed by atoms with Gasteiger partial charge in [-0.2, -0.15) is 0 Å². The summed E-state index contributed by atoms with van der Waals surface area (Å²) in [7, 11) is 5.27. The lowest BCUT2D eigenvalue weighted by atomic mass is 9.97. The third-order valence-corrected chi connectivity index (χ3v) is 4.29. The van der Waals surface area contributed by atoms with Gasteiger partial charge in [0.25, 0.3) is 0 Å². The molecule has 0 unspecified atom stereocenters. The molecule has 1 aliphatic rings. The first kappa shape index (κ1) is 24.8. The molecule has 0 aromatic heterocycles. The van der Waals surface area contributed by atoms with E-state index in [9.17, 15) is 0 Å². The highest BCUT2D eigenvalue weighted by atomic mass is 127. The first-order valence-electron chi connectivity index (χ1n) is 9.02. The van der Waals surface area contributed by atoms with E-state index in [4.69, 9.17) is 14.2 Å². The number of ether oxygens (including phenoxy) is 3. The van der Waals surface area contributed by atoms with Crippen molar-refractivity contribution in [2.45, 2.75) is 19.3 Å². The number of methoxy groups -OCH3 is 2. The molecule has 25 heavy (non-hydrogen) atoms. The van der Waals surface area contributed by atoms with E-state index in [1.165, 1.54) is 25.9 Å². The van der Waals surface area contributed by atoms with E-state index in [1.807, 2.05) is 7.05 Å². The second kappa shape index (κ2) is 17.3. The molecular weight excluding hydrogens is 435 g/mol. The van der Waals surface area contributed by atoms with Crippen LogP contribution in [0.15, 0.2) is 4.99 Å². The van der Waals surface area contributed by atoms with Crippen LogP contribution in [-0.4, -0.2) is 91.3 Å². The summed E-state index contributed by atoms with van der Waals surface area (Å²) in [4.78, 5) is 6.76. The third kappa shape index (κ3) is 12.8. The zero-order valence-corrected chi connectivity index (χ0v) is 18.4. The minimum atomic E-state index is 0. The molecule has 1 fully saturated rings. The van der Waals surface area contributed by atoms with Crippen LogP contribution in [0.2, 0.25) is 0 Å². The molecule has 0 aromatic carbocycles. The van der Waals surface area contributed by atoms with Gasteiger partial charge in [-0.25, -0.2) is 0 Å². The predicted molar refractivity (Wildman–Crippen MR) is 113 cm³/mol. The van der Waals surface area contributed by atoms with Crippen molar-refractivity contribution < 1.29 is 14.2 Å². The molecule has 2 N–H and O–H groups in total. The van der Waals surface area contributed by atoms with Gasteiger partial charge in [-0.3, -0.25) is 4.99 Å². The summed E-state index contributed by atoms with van der Waals surface area (Å²) in [5.41, 5.74) is 0. The average molecular weight is 472 g/mol. The number of piperidine rings is 1. The smallest absolute Gasteiger partial charge is 0.190 e. The summed E-state index contributed by atoms with van der Waals surface area (Å²) in [6, 6.07) is 0. The van der Waals surface area contributed by atoms with Crippen LogP contribution in [-0.2, 0) is 14.2 Å². The van der Waals surface area contributed by atoms with E-state index in [-0.39, 0.29) is 24.0 Å². The first-order valence-corrected chi connectivity index (χ1v) is 9.02. The summed E-state index contributed by atoms with van der Waals surface area (Å²) in [5, 5.41) is 6.78. The summed E-state index contributed by atoms with van der Waals surface area (Å²) in [6.45, 7) is 8.12. The quantitative estimate of drug-likeness (QED) is 0.193. The fourth-order valence-electron chi connectivity index (χ4n) is 2.72. The van der Waals surface area contributed by atoms with Gasteiger partial charge in [0, 0.05) is 47.5 Å². The van der Waals surface area contributed by atoms with Crippen molar-refractivity contribution in [1.29, 1.82) is 0 Å². The highest BCUT2D eigenvalue weighted by molar-refractivity contribution is 14.0. The highest BCUT2D eigenvalue weighted by Crippen LogP contribution is 2.15. The van der Waals surface area contributed by atoms with Gasteiger partial charge in [0.05, 0.1) is 19.8 Å².